The number of aliphatic hydroxyl groups is 1. The van der Waals surface area contributed by atoms with Crippen LogP contribution in [0.2, 0.25) is 0 Å². The summed E-state index contributed by atoms with van der Waals surface area (Å²) in [5, 5.41) is 14.8. The molecule has 0 radical (unpaired) electrons. The van der Waals surface area contributed by atoms with Crippen LogP contribution >= 0.6 is 0 Å². The van der Waals surface area contributed by atoms with Crippen molar-refractivity contribution in [2.24, 2.45) is 0 Å². The van der Waals surface area contributed by atoms with E-state index in [4.69, 9.17) is 9.84 Å². The largest absolute Gasteiger partial charge is 0.496 e. The van der Waals surface area contributed by atoms with Gasteiger partial charge in [0.05, 0.1) is 7.11 Å². The van der Waals surface area contributed by atoms with Gasteiger partial charge in [0.2, 0.25) is 0 Å². The first-order chi connectivity index (χ1) is 9.94. The van der Waals surface area contributed by atoms with Crippen molar-refractivity contribution in [3.63, 3.8) is 0 Å². The first kappa shape index (κ1) is 17.3. The predicted octanol–water partition coefficient (Wildman–Crippen LogP) is 2.35. The molecule has 0 aliphatic carbocycles. The Balaban J connectivity index is 2.55. The first-order valence-electron chi connectivity index (χ1n) is 7.24. The Hall–Kier alpha value is -1.75. The van der Waals surface area contributed by atoms with Crippen LogP contribution in [-0.2, 0) is 6.54 Å². The van der Waals surface area contributed by atoms with E-state index in [0.29, 0.717) is 13.0 Å². The fraction of sp³-hybridized carbons (Fsp3) is 0.562. The molecule has 5 nitrogen and oxygen atoms in total. The van der Waals surface area contributed by atoms with Gasteiger partial charge >= 0.3 is 6.03 Å². The Morgan fingerprint density at radius 1 is 1.43 bits per heavy atom. The van der Waals surface area contributed by atoms with Crippen molar-refractivity contribution >= 4 is 6.03 Å². The van der Waals surface area contributed by atoms with E-state index in [2.05, 4.69) is 10.6 Å². The topological polar surface area (TPSA) is 70.6 Å². The molecular formula is C16H26N2O3. The summed E-state index contributed by atoms with van der Waals surface area (Å²) in [7, 11) is 1.64. The van der Waals surface area contributed by atoms with E-state index in [-0.39, 0.29) is 18.2 Å². The second kappa shape index (κ2) is 7.88. The number of rotatable bonds is 7. The maximum atomic E-state index is 11.9. The molecule has 0 saturated heterocycles. The number of benzene rings is 1. The number of amides is 2. The minimum absolute atomic E-state index is 0.0578. The number of urea groups is 1. The lowest BCUT2D eigenvalue weighted by atomic mass is 9.95. The highest BCUT2D eigenvalue weighted by Gasteiger charge is 2.23. The number of ether oxygens (including phenoxy) is 1. The molecule has 1 atom stereocenters. The van der Waals surface area contributed by atoms with Crippen molar-refractivity contribution < 1.29 is 14.6 Å². The zero-order valence-corrected chi connectivity index (χ0v) is 13.3. The number of hydrogen-bond donors (Lipinski definition) is 3. The second-order valence-electron chi connectivity index (χ2n) is 5.50. The van der Waals surface area contributed by atoms with Crippen molar-refractivity contribution in [2.45, 2.75) is 45.7 Å². The number of carbonyl (C=O) groups is 1. The van der Waals surface area contributed by atoms with Crippen LogP contribution in [-0.4, -0.2) is 30.4 Å². The van der Waals surface area contributed by atoms with Gasteiger partial charge in [-0.05, 0) is 43.9 Å². The molecule has 3 N–H and O–H groups in total. The normalized spacial score (nSPS) is 13.4. The lowest BCUT2D eigenvalue weighted by molar-refractivity contribution is 0.200. The van der Waals surface area contributed by atoms with Gasteiger partial charge in [-0.15, -0.1) is 0 Å². The Morgan fingerprint density at radius 2 is 2.14 bits per heavy atom. The van der Waals surface area contributed by atoms with Gasteiger partial charge in [-0.3, -0.25) is 0 Å². The Bertz CT molecular complexity index is 477. The molecule has 21 heavy (non-hydrogen) atoms. The summed E-state index contributed by atoms with van der Waals surface area (Å²) in [6.45, 7) is 6.40. The van der Waals surface area contributed by atoms with E-state index in [0.717, 1.165) is 23.3 Å². The highest BCUT2D eigenvalue weighted by Crippen LogP contribution is 2.18. The molecule has 1 aromatic carbocycles. The molecule has 5 heteroatoms. The van der Waals surface area contributed by atoms with Crippen LogP contribution in [0.5, 0.6) is 5.75 Å². The van der Waals surface area contributed by atoms with Crippen molar-refractivity contribution in [3.05, 3.63) is 29.3 Å². The average molecular weight is 294 g/mol. The van der Waals surface area contributed by atoms with E-state index in [1.165, 1.54) is 0 Å². The Labute approximate surface area is 126 Å². The number of methoxy groups -OCH3 is 1. The summed E-state index contributed by atoms with van der Waals surface area (Å²) < 4.78 is 5.21. The van der Waals surface area contributed by atoms with Crippen LogP contribution in [0.4, 0.5) is 4.79 Å². The molecule has 0 saturated carbocycles. The summed E-state index contributed by atoms with van der Waals surface area (Å²) in [6, 6.07) is 5.60. The first-order valence-corrected chi connectivity index (χ1v) is 7.24. The van der Waals surface area contributed by atoms with Crippen LogP contribution < -0.4 is 15.4 Å². The molecule has 0 aromatic heterocycles. The summed E-state index contributed by atoms with van der Waals surface area (Å²) in [5.41, 5.74) is 1.67. The smallest absolute Gasteiger partial charge is 0.315 e. The fourth-order valence-corrected chi connectivity index (χ4v) is 2.13. The van der Waals surface area contributed by atoms with Crippen LogP contribution in [0.1, 0.15) is 37.8 Å². The third-order valence-corrected chi connectivity index (χ3v) is 3.77. The summed E-state index contributed by atoms with van der Waals surface area (Å²) >= 11 is 0. The van der Waals surface area contributed by atoms with Gasteiger partial charge in [-0.25, -0.2) is 4.79 Å². The predicted molar refractivity (Wildman–Crippen MR) is 83.5 cm³/mol. The standard InChI is InChI=1S/C16H26N2O3/c1-5-16(3,8-9-19)18-15(20)17-11-13-6-7-14(21-4)12(2)10-13/h6-7,10,19H,5,8-9,11H2,1-4H3,(H2,17,18,20). The molecule has 0 aliphatic heterocycles. The zero-order chi connectivity index (χ0) is 15.9. The maximum absolute atomic E-state index is 11.9. The van der Waals surface area contributed by atoms with E-state index >= 15 is 0 Å². The fourth-order valence-electron chi connectivity index (χ4n) is 2.13. The minimum atomic E-state index is -0.380. The monoisotopic (exact) mass is 294 g/mol. The minimum Gasteiger partial charge on any atom is -0.496 e. The molecule has 118 valence electrons. The molecule has 0 fully saturated rings. The molecule has 1 aromatic rings. The van der Waals surface area contributed by atoms with Crippen molar-refractivity contribution in [1.82, 2.24) is 10.6 Å². The lowest BCUT2D eigenvalue weighted by Gasteiger charge is -2.29. The SMILES string of the molecule is CCC(C)(CCO)NC(=O)NCc1ccc(OC)c(C)c1. The third kappa shape index (κ3) is 5.27. The zero-order valence-electron chi connectivity index (χ0n) is 13.3. The number of aryl methyl sites for hydroxylation is 1. The van der Waals surface area contributed by atoms with Crippen molar-refractivity contribution in [2.75, 3.05) is 13.7 Å². The van der Waals surface area contributed by atoms with Gasteiger partial charge in [0.25, 0.3) is 0 Å². The quantitative estimate of drug-likeness (QED) is 0.723. The third-order valence-electron chi connectivity index (χ3n) is 3.77. The summed E-state index contributed by atoms with van der Waals surface area (Å²) in [4.78, 5) is 11.9. The van der Waals surface area contributed by atoms with Gasteiger partial charge in [0.15, 0.2) is 0 Å². The highest BCUT2D eigenvalue weighted by atomic mass is 16.5. The van der Waals surface area contributed by atoms with E-state index in [9.17, 15) is 4.79 Å². The van der Waals surface area contributed by atoms with Gasteiger partial charge in [0.1, 0.15) is 5.75 Å². The maximum Gasteiger partial charge on any atom is 0.315 e. The molecule has 0 bridgehead atoms. The number of hydrogen-bond acceptors (Lipinski definition) is 3. The van der Waals surface area contributed by atoms with Crippen LogP contribution in [0.3, 0.4) is 0 Å². The Morgan fingerprint density at radius 3 is 2.67 bits per heavy atom. The lowest BCUT2D eigenvalue weighted by Crippen LogP contribution is -2.50. The number of aliphatic hydroxyl groups excluding tert-OH is 1. The Kier molecular flexibility index (Phi) is 6.49. The van der Waals surface area contributed by atoms with Crippen LogP contribution in [0, 0.1) is 6.92 Å². The molecule has 0 spiro atoms. The van der Waals surface area contributed by atoms with Crippen molar-refractivity contribution in [1.29, 1.82) is 0 Å². The molecule has 2 amide bonds. The summed E-state index contributed by atoms with van der Waals surface area (Å²) in [6.07, 6.45) is 1.31. The van der Waals surface area contributed by atoms with E-state index in [1.54, 1.807) is 7.11 Å². The van der Waals surface area contributed by atoms with Crippen LogP contribution in [0.15, 0.2) is 18.2 Å². The van der Waals surface area contributed by atoms with Gasteiger partial charge in [-0.1, -0.05) is 19.1 Å². The van der Waals surface area contributed by atoms with Gasteiger partial charge < -0.3 is 20.5 Å². The molecule has 1 unspecified atom stereocenters. The molecule has 0 aliphatic rings. The second-order valence-corrected chi connectivity index (χ2v) is 5.50. The molecule has 1 rings (SSSR count). The van der Waals surface area contributed by atoms with E-state index in [1.807, 2.05) is 39.0 Å². The number of carbonyl (C=O) groups excluding carboxylic acids is 1. The van der Waals surface area contributed by atoms with Gasteiger partial charge in [-0.2, -0.15) is 0 Å². The molecular weight excluding hydrogens is 268 g/mol. The van der Waals surface area contributed by atoms with Crippen LogP contribution in [0.25, 0.3) is 0 Å². The molecule has 0 heterocycles. The number of nitrogens with one attached hydrogen (secondary N) is 2. The highest BCUT2D eigenvalue weighted by molar-refractivity contribution is 5.74. The average Bonchev–Trinajstić information content (AvgIpc) is 2.45. The van der Waals surface area contributed by atoms with Crippen molar-refractivity contribution in [3.8, 4) is 5.75 Å². The van der Waals surface area contributed by atoms with Gasteiger partial charge in [0, 0.05) is 18.7 Å². The summed E-state index contributed by atoms with van der Waals surface area (Å²) in [5.74, 6) is 0.838. The van der Waals surface area contributed by atoms with E-state index < -0.39 is 0 Å².